The van der Waals surface area contributed by atoms with Crippen molar-refractivity contribution in [1.29, 1.82) is 0 Å². The highest BCUT2D eigenvalue weighted by molar-refractivity contribution is 5.65. The average molecular weight is 679 g/mol. The molecule has 2 heterocycles. The summed E-state index contributed by atoms with van der Waals surface area (Å²) in [4.78, 5) is 11.6. The number of fused-ring (bicyclic) bond motifs is 3. The van der Waals surface area contributed by atoms with E-state index >= 15 is 0 Å². The van der Waals surface area contributed by atoms with Crippen molar-refractivity contribution in [1.82, 2.24) is 0 Å². The van der Waals surface area contributed by atoms with Crippen LogP contribution in [0.25, 0.3) is 0 Å². The van der Waals surface area contributed by atoms with Gasteiger partial charge in [-0.2, -0.15) is 0 Å². The molecule has 2 aliphatic heterocycles. The van der Waals surface area contributed by atoms with Gasteiger partial charge in [0.25, 0.3) is 0 Å². The Hall–Kier alpha value is -0.850. The summed E-state index contributed by atoms with van der Waals surface area (Å²) in [5, 5.41) is 55.3. The molecule has 0 unspecified atom stereocenters. The Balaban J connectivity index is 1.22. The second-order valence-corrected chi connectivity index (χ2v) is 19.0. The second kappa shape index (κ2) is 11.3. The molecule has 48 heavy (non-hydrogen) atoms. The summed E-state index contributed by atoms with van der Waals surface area (Å²) >= 11 is 0. The van der Waals surface area contributed by atoms with E-state index in [-0.39, 0.29) is 57.4 Å². The van der Waals surface area contributed by atoms with Crippen molar-refractivity contribution in [3.05, 3.63) is 0 Å². The van der Waals surface area contributed by atoms with E-state index in [9.17, 15) is 30.3 Å². The maximum Gasteiger partial charge on any atom is 0.302 e. The van der Waals surface area contributed by atoms with Crippen molar-refractivity contribution in [2.45, 2.75) is 174 Å². The lowest BCUT2D eigenvalue weighted by atomic mass is 9.37. The van der Waals surface area contributed by atoms with Crippen molar-refractivity contribution in [3.8, 4) is 0 Å². The molecule has 2 saturated heterocycles. The molecule has 0 aromatic heterocycles. The number of ether oxygens (including phenoxy) is 4. The average Bonchev–Trinajstić information content (AvgIpc) is 3.84. The zero-order chi connectivity index (χ0) is 35.0. The fourth-order valence-electron chi connectivity index (χ4n) is 13.7. The van der Waals surface area contributed by atoms with Crippen LogP contribution >= 0.6 is 0 Å². The first kappa shape index (κ1) is 35.5. The van der Waals surface area contributed by atoms with Gasteiger partial charge in [-0.15, -0.1) is 0 Å². The second-order valence-electron chi connectivity index (χ2n) is 19.0. The van der Waals surface area contributed by atoms with Gasteiger partial charge in [-0.05, 0) is 117 Å². The molecule has 5 aliphatic carbocycles. The Morgan fingerprint density at radius 1 is 0.917 bits per heavy atom. The topological polar surface area (TPSA) is 158 Å². The number of rotatable bonds is 8. The van der Waals surface area contributed by atoms with Crippen LogP contribution in [0.4, 0.5) is 0 Å². The molecule has 0 bridgehead atoms. The number of epoxide rings is 1. The van der Waals surface area contributed by atoms with Crippen LogP contribution in [0.2, 0.25) is 0 Å². The fraction of sp³-hybridized carbons (Fsp3) is 0.974. The summed E-state index contributed by atoms with van der Waals surface area (Å²) in [7, 11) is 0. The predicted octanol–water partition coefficient (Wildman–Crippen LogP) is 3.72. The minimum absolute atomic E-state index is 0.00472. The lowest BCUT2D eigenvalue weighted by molar-refractivity contribution is -0.344. The third kappa shape index (κ3) is 4.82. The van der Waals surface area contributed by atoms with Crippen LogP contribution in [0.15, 0.2) is 0 Å². The van der Waals surface area contributed by atoms with E-state index in [2.05, 4.69) is 34.6 Å². The minimum Gasteiger partial charge on any atom is -0.463 e. The highest BCUT2D eigenvalue weighted by Crippen LogP contribution is 2.91. The van der Waals surface area contributed by atoms with Gasteiger partial charge in [-0.3, -0.25) is 4.79 Å². The van der Waals surface area contributed by atoms with Crippen molar-refractivity contribution >= 4 is 5.97 Å². The van der Waals surface area contributed by atoms with E-state index in [0.29, 0.717) is 24.2 Å². The molecule has 7 rings (SSSR count). The van der Waals surface area contributed by atoms with Gasteiger partial charge in [-0.1, -0.05) is 34.6 Å². The maximum absolute atomic E-state index is 11.6. The molecule has 0 amide bonds. The molecule has 10 nitrogen and oxygen atoms in total. The number of hydrogen-bond donors (Lipinski definition) is 5. The molecule has 0 spiro atoms. The molecule has 17 atom stereocenters. The molecule has 274 valence electrons. The van der Waals surface area contributed by atoms with Crippen LogP contribution in [0.3, 0.4) is 0 Å². The molecule has 7 aliphatic rings. The Kier molecular flexibility index (Phi) is 8.39. The SMILES string of the molecule is CC(=O)OC[C@H]1O[C@@H](O[C@@H]2C[C@H]3C(C)(C)[C@H](O)CC[C@]3(C)[C@H]3CC[C@]45C[C@]4(CC[C@H]5[C@@H](C)C[C@@H](O)[C@@H]4OC4(C)C)[C@@]32C)[C@H](O)[C@@H](O)[C@@H]1O. The van der Waals surface area contributed by atoms with Crippen LogP contribution in [-0.4, -0.2) is 98.8 Å². The van der Waals surface area contributed by atoms with Crippen LogP contribution < -0.4 is 0 Å². The minimum atomic E-state index is -1.53. The first-order valence-electron chi connectivity index (χ1n) is 18.8. The van der Waals surface area contributed by atoms with Gasteiger partial charge in [0.05, 0.1) is 23.9 Å². The van der Waals surface area contributed by atoms with E-state index < -0.39 is 48.9 Å². The van der Waals surface area contributed by atoms with E-state index in [0.717, 1.165) is 51.4 Å². The zero-order valence-electron chi connectivity index (χ0n) is 30.4. The predicted molar refractivity (Wildman–Crippen MR) is 175 cm³/mol. The number of esters is 1. The molecular weight excluding hydrogens is 616 g/mol. The molecule has 0 radical (unpaired) electrons. The third-order valence-electron chi connectivity index (χ3n) is 16.2. The summed E-state index contributed by atoms with van der Waals surface area (Å²) in [6.07, 6.45) is 0.669. The van der Waals surface area contributed by atoms with Crippen LogP contribution in [0.5, 0.6) is 0 Å². The summed E-state index contributed by atoms with van der Waals surface area (Å²) in [6, 6.07) is 0. The van der Waals surface area contributed by atoms with Crippen LogP contribution in [0, 0.1) is 50.7 Å². The van der Waals surface area contributed by atoms with Gasteiger partial charge in [0.1, 0.15) is 37.1 Å². The number of aliphatic hydroxyl groups is 5. The van der Waals surface area contributed by atoms with Crippen molar-refractivity contribution in [2.75, 3.05) is 6.61 Å². The molecule has 10 heteroatoms. The zero-order valence-corrected chi connectivity index (χ0v) is 30.4. The molecule has 0 aromatic rings. The maximum atomic E-state index is 11.6. The summed E-state index contributed by atoms with van der Waals surface area (Å²) in [6.45, 7) is 16.7. The summed E-state index contributed by atoms with van der Waals surface area (Å²) in [5.41, 5.74) is -0.670. The normalized spacial score (nSPS) is 54.1. The Morgan fingerprint density at radius 3 is 2.25 bits per heavy atom. The van der Waals surface area contributed by atoms with Gasteiger partial charge >= 0.3 is 5.97 Å². The van der Waals surface area contributed by atoms with Crippen LogP contribution in [-0.2, 0) is 23.7 Å². The first-order valence-corrected chi connectivity index (χ1v) is 18.8. The number of aliphatic hydroxyl groups excluding tert-OH is 5. The van der Waals surface area contributed by atoms with Gasteiger partial charge < -0.3 is 44.5 Å². The van der Waals surface area contributed by atoms with E-state index in [1.54, 1.807) is 0 Å². The lowest BCUT2D eigenvalue weighted by Gasteiger charge is -2.69. The lowest BCUT2D eigenvalue weighted by Crippen LogP contribution is -2.68. The molecule has 0 aromatic carbocycles. The third-order valence-corrected chi connectivity index (χ3v) is 16.2. The van der Waals surface area contributed by atoms with Gasteiger partial charge in [-0.25, -0.2) is 0 Å². The smallest absolute Gasteiger partial charge is 0.302 e. The van der Waals surface area contributed by atoms with E-state index in [4.69, 9.17) is 18.9 Å². The molecular formula is C38H62O10. The molecule has 5 saturated carbocycles. The Labute approximate surface area is 286 Å². The van der Waals surface area contributed by atoms with Gasteiger partial charge in [0, 0.05) is 12.3 Å². The van der Waals surface area contributed by atoms with Crippen molar-refractivity contribution in [2.24, 2.45) is 50.7 Å². The van der Waals surface area contributed by atoms with Gasteiger partial charge in [0.2, 0.25) is 0 Å². The highest BCUT2D eigenvalue weighted by atomic mass is 16.7. The highest BCUT2D eigenvalue weighted by Gasteiger charge is 2.85. The summed E-state index contributed by atoms with van der Waals surface area (Å²) < 4.78 is 24.1. The van der Waals surface area contributed by atoms with E-state index in [1.165, 1.54) is 6.92 Å². The molecule has 5 N–H and O–H groups in total. The summed E-state index contributed by atoms with van der Waals surface area (Å²) in [5.74, 6) is 0.803. The number of carbonyl (C=O) groups is 1. The first-order chi connectivity index (χ1) is 22.3. The van der Waals surface area contributed by atoms with Crippen LogP contribution in [0.1, 0.15) is 113 Å². The monoisotopic (exact) mass is 678 g/mol. The largest absolute Gasteiger partial charge is 0.463 e. The Bertz CT molecular complexity index is 1270. The van der Waals surface area contributed by atoms with Gasteiger partial charge in [0.15, 0.2) is 6.29 Å². The van der Waals surface area contributed by atoms with Crippen molar-refractivity contribution < 1.29 is 49.3 Å². The number of carbonyl (C=O) groups excluding carboxylic acids is 1. The number of hydrogen-bond acceptors (Lipinski definition) is 10. The standard InChI is InChI=1S/C38H62O10/c1-19(15-22(40)31-34(5,6)48-31)21-9-14-38-18-37(21,38)13-10-24-35(7)12-11-26(41)33(3,4)25(35)16-27(36(24,38)8)47-32-30(44)29(43)28(42)23(46-32)17-45-20(2)39/h19,21-32,40-44H,9-18H2,1-8H3/t19-,21-,22+,23+,24+,25-,26+,27+,28+,29-,30+,31-,32-,35+,36-,37+,38+/m0/s1. The Morgan fingerprint density at radius 2 is 1.60 bits per heavy atom. The van der Waals surface area contributed by atoms with E-state index in [1.807, 2.05) is 13.8 Å². The molecule has 7 fully saturated rings. The fourth-order valence-corrected chi connectivity index (χ4v) is 13.7. The van der Waals surface area contributed by atoms with Crippen molar-refractivity contribution in [3.63, 3.8) is 0 Å². The quantitative estimate of drug-likeness (QED) is 0.146.